The van der Waals surface area contributed by atoms with Crippen molar-refractivity contribution in [1.29, 1.82) is 0 Å². The summed E-state index contributed by atoms with van der Waals surface area (Å²) < 4.78 is 35.3. The molecule has 1 aromatic heterocycles. The molecule has 10 heteroatoms. The number of hydrogen-bond donors (Lipinski definition) is 1. The first-order valence-electron chi connectivity index (χ1n) is 9.03. The van der Waals surface area contributed by atoms with Crippen LogP contribution in [0.4, 0.5) is 4.79 Å². The van der Waals surface area contributed by atoms with Crippen LogP contribution >= 0.6 is 0 Å². The van der Waals surface area contributed by atoms with E-state index in [4.69, 9.17) is 9.15 Å². The van der Waals surface area contributed by atoms with Gasteiger partial charge in [-0.15, -0.1) is 10.2 Å². The van der Waals surface area contributed by atoms with Crippen LogP contribution in [-0.4, -0.2) is 42.1 Å². The fourth-order valence-corrected chi connectivity index (χ4v) is 3.57. The van der Waals surface area contributed by atoms with Crippen LogP contribution in [0.2, 0.25) is 0 Å². The maximum absolute atomic E-state index is 12.7. The molecular weight excluding hydrogens is 398 g/mol. The Bertz CT molecular complexity index is 961. The first kappa shape index (κ1) is 22.5. The third kappa shape index (κ3) is 6.38. The molecule has 0 aliphatic carbocycles. The number of ether oxygens (including phenoxy) is 1. The molecule has 158 valence electrons. The summed E-state index contributed by atoms with van der Waals surface area (Å²) in [5.74, 6) is -2.04. The summed E-state index contributed by atoms with van der Waals surface area (Å²) in [5, 5.41) is 9.82. The monoisotopic (exact) mass is 423 g/mol. The van der Waals surface area contributed by atoms with Gasteiger partial charge in [0.05, 0.1) is 4.90 Å². The van der Waals surface area contributed by atoms with Gasteiger partial charge in [0.2, 0.25) is 11.7 Å². The van der Waals surface area contributed by atoms with Crippen molar-refractivity contribution in [2.45, 2.75) is 56.9 Å². The number of ketones is 1. The molecular formula is C19H25N3O6S. The first-order valence-corrected chi connectivity index (χ1v) is 10.7. The molecule has 0 fully saturated rings. The number of carbonyl (C=O) groups excluding carboxylic acids is 2. The molecule has 2 rings (SSSR count). The Morgan fingerprint density at radius 3 is 2.31 bits per heavy atom. The highest BCUT2D eigenvalue weighted by Gasteiger charge is 2.31. The number of Topliss-reactive ketones (excluding diaryl/α,β-unsaturated/α-hetero) is 1. The van der Waals surface area contributed by atoms with E-state index in [-0.39, 0.29) is 22.6 Å². The Labute approximate surface area is 169 Å². The first-order chi connectivity index (χ1) is 13.4. The molecule has 0 saturated carbocycles. The summed E-state index contributed by atoms with van der Waals surface area (Å²) >= 11 is 0. The van der Waals surface area contributed by atoms with Crippen molar-refractivity contribution in [3.63, 3.8) is 0 Å². The largest absolute Gasteiger partial charge is 0.444 e. The molecule has 0 spiro atoms. The van der Waals surface area contributed by atoms with Gasteiger partial charge in [-0.3, -0.25) is 4.79 Å². The second kappa shape index (κ2) is 8.73. The third-order valence-corrected chi connectivity index (χ3v) is 5.33. The Balaban J connectivity index is 2.14. The Morgan fingerprint density at radius 2 is 1.76 bits per heavy atom. The molecule has 0 radical (unpaired) electrons. The number of rotatable bonds is 7. The summed E-state index contributed by atoms with van der Waals surface area (Å²) in [4.78, 5) is 24.9. The summed E-state index contributed by atoms with van der Waals surface area (Å²) in [6, 6.07) is 6.85. The Hall–Kier alpha value is -2.75. The lowest BCUT2D eigenvalue weighted by atomic mass is 10.00. The topological polar surface area (TPSA) is 128 Å². The van der Waals surface area contributed by atoms with Crippen LogP contribution in [0, 0.1) is 5.92 Å². The van der Waals surface area contributed by atoms with Crippen LogP contribution in [0.3, 0.4) is 0 Å². The molecule has 0 bridgehead atoms. The van der Waals surface area contributed by atoms with Crippen molar-refractivity contribution in [2.75, 3.05) is 0 Å². The second-order valence-corrected chi connectivity index (χ2v) is 9.79. The van der Waals surface area contributed by atoms with Gasteiger partial charge in [0.25, 0.3) is 5.89 Å². The lowest BCUT2D eigenvalue weighted by Crippen LogP contribution is -2.46. The average molecular weight is 423 g/mol. The van der Waals surface area contributed by atoms with Crippen molar-refractivity contribution in [3.8, 4) is 0 Å². The molecule has 0 saturated heterocycles. The zero-order valence-corrected chi connectivity index (χ0v) is 17.8. The van der Waals surface area contributed by atoms with Crippen LogP contribution in [0.1, 0.15) is 51.2 Å². The SMILES string of the molecule is CC(C)C(NC(=O)OC(C)(C)C)C(=O)c1nnc(CS(=O)(=O)c2ccccc2)o1. The maximum atomic E-state index is 12.7. The fourth-order valence-electron chi connectivity index (χ4n) is 2.39. The second-order valence-electron chi connectivity index (χ2n) is 7.81. The van der Waals surface area contributed by atoms with Gasteiger partial charge in [0.15, 0.2) is 9.84 Å². The Kier molecular flexibility index (Phi) is 6.78. The molecule has 1 heterocycles. The minimum atomic E-state index is -3.70. The summed E-state index contributed by atoms with van der Waals surface area (Å²) in [7, 11) is -3.70. The van der Waals surface area contributed by atoms with Crippen LogP contribution in [0.5, 0.6) is 0 Å². The van der Waals surface area contributed by atoms with E-state index in [1.807, 2.05) is 0 Å². The highest BCUT2D eigenvalue weighted by molar-refractivity contribution is 7.90. The molecule has 29 heavy (non-hydrogen) atoms. The zero-order chi connectivity index (χ0) is 21.8. The van der Waals surface area contributed by atoms with Gasteiger partial charge in [-0.1, -0.05) is 32.0 Å². The Morgan fingerprint density at radius 1 is 1.14 bits per heavy atom. The molecule has 9 nitrogen and oxygen atoms in total. The average Bonchev–Trinajstić information content (AvgIpc) is 3.06. The van der Waals surface area contributed by atoms with Crippen LogP contribution < -0.4 is 5.32 Å². The minimum Gasteiger partial charge on any atom is -0.444 e. The van der Waals surface area contributed by atoms with Gasteiger partial charge >= 0.3 is 6.09 Å². The van der Waals surface area contributed by atoms with Gasteiger partial charge in [-0.25, -0.2) is 13.2 Å². The van der Waals surface area contributed by atoms with Crippen LogP contribution in [0.15, 0.2) is 39.6 Å². The van der Waals surface area contributed by atoms with Crippen LogP contribution in [0.25, 0.3) is 0 Å². The normalized spacial score (nSPS) is 13.2. The number of sulfone groups is 1. The molecule has 1 atom stereocenters. The molecule has 0 aliphatic rings. The lowest BCUT2D eigenvalue weighted by molar-refractivity contribution is 0.0472. The number of nitrogens with one attached hydrogen (secondary N) is 1. The fraction of sp³-hybridized carbons (Fsp3) is 0.474. The van der Waals surface area contributed by atoms with Gasteiger partial charge in [0.1, 0.15) is 17.4 Å². The summed E-state index contributed by atoms with van der Waals surface area (Å²) in [6.45, 7) is 8.58. The van der Waals surface area contributed by atoms with Crippen molar-refractivity contribution in [2.24, 2.45) is 5.92 Å². The molecule has 1 N–H and O–H groups in total. The number of amides is 1. The van der Waals surface area contributed by atoms with E-state index in [2.05, 4.69) is 15.5 Å². The molecule has 1 aromatic carbocycles. The quantitative estimate of drug-likeness (QED) is 0.673. The number of benzene rings is 1. The van der Waals surface area contributed by atoms with E-state index >= 15 is 0 Å². The van der Waals surface area contributed by atoms with Crippen LogP contribution in [-0.2, 0) is 20.3 Å². The number of hydrogen-bond acceptors (Lipinski definition) is 8. The van der Waals surface area contributed by atoms with Gasteiger partial charge in [-0.05, 0) is 38.8 Å². The number of alkyl carbamates (subject to hydrolysis) is 1. The van der Waals surface area contributed by atoms with Crippen molar-refractivity contribution < 1.29 is 27.2 Å². The summed E-state index contributed by atoms with van der Waals surface area (Å²) in [5.41, 5.74) is -0.724. The molecule has 0 aliphatic heterocycles. The van der Waals surface area contributed by atoms with E-state index in [0.717, 1.165) is 0 Å². The van der Waals surface area contributed by atoms with E-state index in [1.54, 1.807) is 52.8 Å². The standard InChI is InChI=1S/C19H25N3O6S/c1-12(2)15(20-18(24)28-19(3,4)5)16(23)17-22-21-14(27-17)11-29(25,26)13-9-7-6-8-10-13/h6-10,12,15H,11H2,1-5H3,(H,20,24). The predicted molar refractivity (Wildman–Crippen MR) is 104 cm³/mol. The maximum Gasteiger partial charge on any atom is 0.408 e. The van der Waals surface area contributed by atoms with E-state index in [9.17, 15) is 18.0 Å². The number of carbonyl (C=O) groups is 2. The molecule has 1 amide bonds. The van der Waals surface area contributed by atoms with Crippen molar-refractivity contribution in [3.05, 3.63) is 42.1 Å². The van der Waals surface area contributed by atoms with E-state index in [0.29, 0.717) is 0 Å². The highest BCUT2D eigenvalue weighted by Crippen LogP contribution is 2.17. The van der Waals surface area contributed by atoms with Crippen molar-refractivity contribution in [1.82, 2.24) is 15.5 Å². The molecule has 2 aromatic rings. The molecule has 1 unspecified atom stereocenters. The number of nitrogens with zero attached hydrogens (tertiary/aromatic N) is 2. The van der Waals surface area contributed by atoms with E-state index < -0.39 is 39.1 Å². The van der Waals surface area contributed by atoms with E-state index in [1.165, 1.54) is 12.1 Å². The zero-order valence-electron chi connectivity index (χ0n) is 17.0. The predicted octanol–water partition coefficient (Wildman–Crippen LogP) is 2.78. The lowest BCUT2D eigenvalue weighted by Gasteiger charge is -2.24. The smallest absolute Gasteiger partial charge is 0.408 e. The minimum absolute atomic E-state index is 0.109. The number of aromatic nitrogens is 2. The third-order valence-electron chi connectivity index (χ3n) is 3.71. The van der Waals surface area contributed by atoms with Gasteiger partial charge in [0, 0.05) is 0 Å². The summed E-state index contributed by atoms with van der Waals surface area (Å²) in [6.07, 6.45) is -0.754. The van der Waals surface area contributed by atoms with Gasteiger partial charge in [-0.2, -0.15) is 0 Å². The van der Waals surface area contributed by atoms with Crippen molar-refractivity contribution >= 4 is 21.7 Å². The highest BCUT2D eigenvalue weighted by atomic mass is 32.2. The van der Waals surface area contributed by atoms with Gasteiger partial charge < -0.3 is 14.5 Å².